The predicted molar refractivity (Wildman–Crippen MR) is 93.7 cm³/mol. The van der Waals surface area contributed by atoms with Gasteiger partial charge in [0.15, 0.2) is 0 Å². The summed E-state index contributed by atoms with van der Waals surface area (Å²) in [6.45, 7) is 0. The molecular formula is C16H16ClN3O2S. The van der Waals surface area contributed by atoms with Crippen LogP contribution >= 0.6 is 23.4 Å². The van der Waals surface area contributed by atoms with Crippen LogP contribution in [0.25, 0.3) is 0 Å². The molecule has 0 saturated carbocycles. The van der Waals surface area contributed by atoms with Crippen LogP contribution in [-0.2, 0) is 0 Å². The van der Waals surface area contributed by atoms with Gasteiger partial charge in [-0.1, -0.05) is 48.0 Å². The second-order valence-electron chi connectivity index (χ2n) is 5.21. The molecule has 1 aliphatic heterocycles. The average molecular weight is 350 g/mol. The summed E-state index contributed by atoms with van der Waals surface area (Å²) >= 11 is 7.83. The first kappa shape index (κ1) is 16.1. The van der Waals surface area contributed by atoms with Gasteiger partial charge in [-0.05, 0) is 23.3 Å². The van der Waals surface area contributed by atoms with Gasteiger partial charge in [0.25, 0.3) is 0 Å². The van der Waals surface area contributed by atoms with Crippen LogP contribution in [0.5, 0.6) is 0 Å². The summed E-state index contributed by atoms with van der Waals surface area (Å²) in [5, 5.41) is 13.6. The van der Waals surface area contributed by atoms with Gasteiger partial charge in [0.1, 0.15) is 0 Å². The summed E-state index contributed by atoms with van der Waals surface area (Å²) in [5.41, 5.74) is 2.47. The van der Waals surface area contributed by atoms with Crippen LogP contribution in [0.15, 0.2) is 48.5 Å². The summed E-state index contributed by atoms with van der Waals surface area (Å²) in [7, 11) is 0. The zero-order valence-electron chi connectivity index (χ0n) is 12.1. The molecular weight excluding hydrogens is 334 g/mol. The van der Waals surface area contributed by atoms with Gasteiger partial charge in [0.05, 0.1) is 16.1 Å². The Kier molecular flexibility index (Phi) is 4.77. The molecule has 23 heavy (non-hydrogen) atoms. The van der Waals surface area contributed by atoms with Crippen LogP contribution in [0.3, 0.4) is 0 Å². The number of nitrogens with one attached hydrogen (secondary N) is 1. The van der Waals surface area contributed by atoms with E-state index in [-0.39, 0.29) is 17.1 Å². The van der Waals surface area contributed by atoms with Crippen LogP contribution in [-0.4, -0.2) is 17.0 Å². The Hall–Kier alpha value is -1.73. The molecule has 7 heteroatoms. The first-order valence-electron chi connectivity index (χ1n) is 7.06. The van der Waals surface area contributed by atoms with E-state index >= 15 is 0 Å². The molecule has 1 saturated heterocycles. The van der Waals surface area contributed by atoms with Crippen LogP contribution < -0.4 is 16.2 Å². The average Bonchev–Trinajstić information content (AvgIpc) is 3.05. The Bertz CT molecular complexity index is 714. The van der Waals surface area contributed by atoms with Crippen molar-refractivity contribution >= 4 is 35.1 Å². The molecule has 0 aromatic heterocycles. The second-order valence-corrected chi connectivity index (χ2v) is 6.75. The Balaban J connectivity index is 1.81. The van der Waals surface area contributed by atoms with Gasteiger partial charge in [-0.2, -0.15) is 0 Å². The SMILES string of the molecule is NN(C(=O)O)c1cc(C2NC(c3ccccc3)CS2)ccc1Cl. The molecule has 120 valence electrons. The molecule has 0 bridgehead atoms. The van der Waals surface area contributed by atoms with Crippen LogP contribution in [0.2, 0.25) is 5.02 Å². The van der Waals surface area contributed by atoms with Crippen molar-refractivity contribution in [3.8, 4) is 0 Å². The molecule has 0 spiro atoms. The maximum atomic E-state index is 11.0. The molecule has 2 aromatic carbocycles. The van der Waals surface area contributed by atoms with Crippen molar-refractivity contribution in [1.29, 1.82) is 0 Å². The zero-order chi connectivity index (χ0) is 16.4. The summed E-state index contributed by atoms with van der Waals surface area (Å²) in [5.74, 6) is 6.49. The normalized spacial score (nSPS) is 20.4. The fourth-order valence-electron chi connectivity index (χ4n) is 2.52. The quantitative estimate of drug-likeness (QED) is 0.446. The van der Waals surface area contributed by atoms with Crippen LogP contribution in [0.1, 0.15) is 22.5 Å². The molecule has 0 aliphatic carbocycles. The number of carboxylic acid groups (broad SMARTS) is 1. The monoisotopic (exact) mass is 349 g/mol. The second kappa shape index (κ2) is 6.80. The molecule has 0 radical (unpaired) electrons. The lowest BCUT2D eigenvalue weighted by Gasteiger charge is -2.18. The fourth-order valence-corrected chi connectivity index (χ4v) is 4.00. The van der Waals surface area contributed by atoms with Gasteiger partial charge >= 0.3 is 6.09 Å². The maximum Gasteiger partial charge on any atom is 0.426 e. The minimum atomic E-state index is -1.25. The van der Waals surface area contributed by atoms with Crippen molar-refractivity contribution in [3.05, 3.63) is 64.7 Å². The third kappa shape index (κ3) is 3.45. The molecule has 2 atom stereocenters. The molecule has 2 aromatic rings. The molecule has 4 N–H and O–H groups in total. The van der Waals surface area contributed by atoms with Crippen molar-refractivity contribution in [2.75, 3.05) is 10.8 Å². The Labute approximate surface area is 143 Å². The van der Waals surface area contributed by atoms with Gasteiger partial charge in [0, 0.05) is 11.8 Å². The van der Waals surface area contributed by atoms with E-state index in [1.165, 1.54) is 5.56 Å². The summed E-state index contributed by atoms with van der Waals surface area (Å²) in [4.78, 5) is 11.0. The van der Waals surface area contributed by atoms with Crippen molar-refractivity contribution in [1.82, 2.24) is 5.32 Å². The highest BCUT2D eigenvalue weighted by Gasteiger charge is 2.27. The van der Waals surface area contributed by atoms with E-state index < -0.39 is 6.09 Å². The number of nitrogens with two attached hydrogens (primary N) is 1. The lowest BCUT2D eigenvalue weighted by Crippen LogP contribution is -2.36. The number of halogens is 1. The third-order valence-electron chi connectivity index (χ3n) is 3.72. The number of thioether (sulfide) groups is 1. The summed E-state index contributed by atoms with van der Waals surface area (Å²) in [6.07, 6.45) is -1.25. The largest absolute Gasteiger partial charge is 0.464 e. The number of amides is 1. The Morgan fingerprint density at radius 2 is 2.00 bits per heavy atom. The maximum absolute atomic E-state index is 11.0. The molecule has 2 unspecified atom stereocenters. The lowest BCUT2D eigenvalue weighted by molar-refractivity contribution is 0.202. The zero-order valence-corrected chi connectivity index (χ0v) is 13.7. The smallest absolute Gasteiger partial charge is 0.426 e. The highest BCUT2D eigenvalue weighted by molar-refractivity contribution is 7.99. The van der Waals surface area contributed by atoms with Crippen molar-refractivity contribution in [2.45, 2.75) is 11.4 Å². The fraction of sp³-hybridized carbons (Fsp3) is 0.188. The Morgan fingerprint density at radius 3 is 2.70 bits per heavy atom. The van der Waals surface area contributed by atoms with E-state index in [1.54, 1.807) is 23.9 Å². The highest BCUT2D eigenvalue weighted by Crippen LogP contribution is 2.40. The summed E-state index contributed by atoms with van der Waals surface area (Å²) < 4.78 is 0. The number of anilines is 1. The van der Waals surface area contributed by atoms with Crippen molar-refractivity contribution in [3.63, 3.8) is 0 Å². The molecule has 1 heterocycles. The van der Waals surface area contributed by atoms with Gasteiger partial charge in [-0.25, -0.2) is 15.6 Å². The summed E-state index contributed by atoms with van der Waals surface area (Å²) in [6, 6.07) is 15.8. The topological polar surface area (TPSA) is 78.6 Å². The van der Waals surface area contributed by atoms with E-state index in [1.807, 2.05) is 24.3 Å². The van der Waals surface area contributed by atoms with E-state index in [0.29, 0.717) is 10.0 Å². The number of hydrazine groups is 1. The Morgan fingerprint density at radius 1 is 1.26 bits per heavy atom. The van der Waals surface area contributed by atoms with Gasteiger partial charge in [0.2, 0.25) is 0 Å². The van der Waals surface area contributed by atoms with Crippen LogP contribution in [0.4, 0.5) is 10.5 Å². The number of hydrogen-bond acceptors (Lipinski definition) is 4. The standard InChI is InChI=1S/C16H16ClN3O2S/c17-12-7-6-11(8-14(12)20(18)16(21)22)15-19-13(9-23-15)10-4-2-1-3-5-10/h1-8,13,15,19H,9,18H2,(H,21,22). The van der Waals surface area contributed by atoms with Gasteiger partial charge in [-0.3, -0.25) is 5.32 Å². The molecule has 5 nitrogen and oxygen atoms in total. The molecule has 3 rings (SSSR count). The van der Waals surface area contributed by atoms with Crippen LogP contribution in [0, 0.1) is 0 Å². The molecule has 1 amide bonds. The number of hydrogen-bond donors (Lipinski definition) is 3. The van der Waals surface area contributed by atoms with Gasteiger partial charge < -0.3 is 5.11 Å². The third-order valence-corrected chi connectivity index (χ3v) is 5.31. The van der Waals surface area contributed by atoms with Crippen molar-refractivity contribution < 1.29 is 9.90 Å². The van der Waals surface area contributed by atoms with Crippen molar-refractivity contribution in [2.24, 2.45) is 5.84 Å². The first-order chi connectivity index (χ1) is 11.1. The molecule has 1 fully saturated rings. The highest BCUT2D eigenvalue weighted by atomic mass is 35.5. The molecule has 1 aliphatic rings. The van der Waals surface area contributed by atoms with E-state index in [4.69, 9.17) is 22.6 Å². The predicted octanol–water partition coefficient (Wildman–Crippen LogP) is 3.77. The van der Waals surface area contributed by atoms with E-state index in [9.17, 15) is 4.79 Å². The minimum Gasteiger partial charge on any atom is -0.464 e. The lowest BCUT2D eigenvalue weighted by atomic mass is 10.1. The van der Waals surface area contributed by atoms with E-state index in [2.05, 4.69) is 17.4 Å². The number of carbonyl (C=O) groups is 1. The van der Waals surface area contributed by atoms with E-state index in [0.717, 1.165) is 11.3 Å². The van der Waals surface area contributed by atoms with Gasteiger partial charge in [-0.15, -0.1) is 11.8 Å². The number of rotatable bonds is 3. The minimum absolute atomic E-state index is 0.0680. The number of nitrogens with zero attached hydrogens (tertiary/aromatic N) is 1. The first-order valence-corrected chi connectivity index (χ1v) is 8.48. The number of benzene rings is 2.